The first-order valence-electron chi connectivity index (χ1n) is 10.2. The average molecular weight is 388 g/mol. The van der Waals surface area contributed by atoms with Crippen LogP contribution >= 0.6 is 0 Å². The van der Waals surface area contributed by atoms with Crippen molar-refractivity contribution in [1.29, 1.82) is 0 Å². The third-order valence-corrected chi connectivity index (χ3v) is 6.01. The number of aryl methyl sites for hydroxylation is 1. The van der Waals surface area contributed by atoms with E-state index in [9.17, 15) is 5.11 Å². The van der Waals surface area contributed by atoms with Gasteiger partial charge in [-0.1, -0.05) is 25.5 Å². The fourth-order valence-electron chi connectivity index (χ4n) is 4.32. The van der Waals surface area contributed by atoms with Gasteiger partial charge in [0, 0.05) is 26.6 Å². The lowest BCUT2D eigenvalue weighted by Crippen LogP contribution is -2.36. The number of rotatable bonds is 8. The Morgan fingerprint density at radius 1 is 1.36 bits per heavy atom. The molecule has 0 saturated carbocycles. The van der Waals surface area contributed by atoms with Gasteiger partial charge in [0.1, 0.15) is 5.69 Å². The number of nitrogens with zero attached hydrogens (tertiary/aromatic N) is 5. The summed E-state index contributed by atoms with van der Waals surface area (Å²) in [6, 6.07) is 0. The zero-order valence-electron chi connectivity index (χ0n) is 17.7. The molecule has 0 spiro atoms. The van der Waals surface area contributed by atoms with Crippen LogP contribution in [0.2, 0.25) is 0 Å². The Labute approximate surface area is 167 Å². The quantitative estimate of drug-likeness (QED) is 0.702. The molecule has 3 rings (SSSR count). The summed E-state index contributed by atoms with van der Waals surface area (Å²) >= 11 is 0. The van der Waals surface area contributed by atoms with Gasteiger partial charge >= 0.3 is 0 Å². The highest BCUT2D eigenvalue weighted by atomic mass is 16.4. The molecule has 0 aliphatic heterocycles. The first-order valence-corrected chi connectivity index (χ1v) is 10.2. The molecule has 0 radical (unpaired) electrons. The van der Waals surface area contributed by atoms with Crippen LogP contribution in [0.25, 0.3) is 11.6 Å². The van der Waals surface area contributed by atoms with Crippen molar-refractivity contribution >= 4 is 0 Å². The Balaban J connectivity index is 1.72. The molecule has 154 valence electrons. The van der Waals surface area contributed by atoms with Gasteiger partial charge in [-0.2, -0.15) is 0 Å². The number of aromatic nitrogens is 4. The van der Waals surface area contributed by atoms with Gasteiger partial charge in [0.15, 0.2) is 0 Å². The number of imidazole rings is 1. The zero-order chi connectivity index (χ0) is 20.3. The highest BCUT2D eigenvalue weighted by Gasteiger charge is 2.33. The average Bonchev–Trinajstić information content (AvgIpc) is 3.25. The standard InChI is InChI=1S/C21H33N5O2/c1-14(2)18-9-16(15(3)8-17(18)12-25(4)6-7-27)10-20-23-24-21(28-20)19-11-22-13-26(19)5/h8,11,13-14,16-18,27H,6-7,9-10,12H2,1-5H3/t16-,17-,18-/m0/s1. The van der Waals surface area contributed by atoms with Crippen LogP contribution < -0.4 is 0 Å². The van der Waals surface area contributed by atoms with Crippen molar-refractivity contribution in [3.05, 3.63) is 30.1 Å². The summed E-state index contributed by atoms with van der Waals surface area (Å²) in [5.74, 6) is 3.36. The number of likely N-dealkylation sites (N-methyl/N-ethyl adjacent to an activating group) is 1. The number of hydrogen-bond acceptors (Lipinski definition) is 6. The molecule has 7 nitrogen and oxygen atoms in total. The lowest BCUT2D eigenvalue weighted by atomic mass is 9.69. The van der Waals surface area contributed by atoms with Crippen molar-refractivity contribution in [3.63, 3.8) is 0 Å². The molecule has 2 heterocycles. The number of allylic oxidation sites excluding steroid dienone is 1. The van der Waals surface area contributed by atoms with E-state index in [0.717, 1.165) is 31.6 Å². The van der Waals surface area contributed by atoms with E-state index in [1.165, 1.54) is 5.57 Å². The summed E-state index contributed by atoms with van der Waals surface area (Å²) in [4.78, 5) is 6.34. The normalized spacial score (nSPS) is 22.9. The van der Waals surface area contributed by atoms with E-state index in [1.807, 2.05) is 11.6 Å². The van der Waals surface area contributed by atoms with Crippen LogP contribution in [0.5, 0.6) is 0 Å². The molecule has 3 atom stereocenters. The molecule has 0 bridgehead atoms. The topological polar surface area (TPSA) is 80.2 Å². The van der Waals surface area contributed by atoms with E-state index in [0.29, 0.717) is 35.5 Å². The molecular formula is C21H33N5O2. The summed E-state index contributed by atoms with van der Waals surface area (Å²) in [5.41, 5.74) is 2.24. The molecule has 0 fully saturated rings. The van der Waals surface area contributed by atoms with Crippen LogP contribution in [0, 0.1) is 23.7 Å². The van der Waals surface area contributed by atoms with Crippen LogP contribution in [0.1, 0.15) is 33.1 Å². The van der Waals surface area contributed by atoms with Crippen molar-refractivity contribution in [2.24, 2.45) is 30.7 Å². The van der Waals surface area contributed by atoms with Gasteiger partial charge in [-0.15, -0.1) is 10.2 Å². The van der Waals surface area contributed by atoms with Gasteiger partial charge in [-0.05, 0) is 44.1 Å². The predicted octanol–water partition coefficient (Wildman–Crippen LogP) is 2.79. The molecule has 0 saturated heterocycles. The van der Waals surface area contributed by atoms with E-state index in [2.05, 4.69) is 54.0 Å². The van der Waals surface area contributed by atoms with Gasteiger partial charge in [0.2, 0.25) is 5.89 Å². The third kappa shape index (κ3) is 4.70. The first-order chi connectivity index (χ1) is 13.4. The Kier molecular flexibility index (Phi) is 6.67. The van der Waals surface area contributed by atoms with Crippen LogP contribution in [-0.4, -0.2) is 56.5 Å². The maximum Gasteiger partial charge on any atom is 0.265 e. The minimum Gasteiger partial charge on any atom is -0.419 e. The fraction of sp³-hybridized carbons (Fsp3) is 0.667. The van der Waals surface area contributed by atoms with E-state index >= 15 is 0 Å². The maximum atomic E-state index is 9.20. The first kappa shape index (κ1) is 20.7. The molecular weight excluding hydrogens is 354 g/mol. The van der Waals surface area contributed by atoms with E-state index in [-0.39, 0.29) is 6.61 Å². The molecule has 2 aromatic heterocycles. The molecule has 0 unspecified atom stereocenters. The van der Waals surface area contributed by atoms with Gasteiger partial charge in [0.25, 0.3) is 5.89 Å². The zero-order valence-corrected chi connectivity index (χ0v) is 17.7. The second kappa shape index (κ2) is 9.01. The highest BCUT2D eigenvalue weighted by Crippen LogP contribution is 2.39. The SMILES string of the molecule is CC1=C[C@@H](CN(C)CCO)[C@H](C(C)C)C[C@H]1Cc1nnc(-c2cncn2C)o1. The molecule has 1 aliphatic rings. The molecule has 0 aromatic carbocycles. The predicted molar refractivity (Wildman–Crippen MR) is 108 cm³/mol. The lowest BCUT2D eigenvalue weighted by Gasteiger charge is -2.38. The fourth-order valence-corrected chi connectivity index (χ4v) is 4.32. The monoisotopic (exact) mass is 387 g/mol. The molecule has 28 heavy (non-hydrogen) atoms. The summed E-state index contributed by atoms with van der Waals surface area (Å²) in [6.07, 6.45) is 7.81. The van der Waals surface area contributed by atoms with Gasteiger partial charge in [-0.25, -0.2) is 4.98 Å². The van der Waals surface area contributed by atoms with Gasteiger partial charge < -0.3 is 19.0 Å². The summed E-state index contributed by atoms with van der Waals surface area (Å²) in [6.45, 7) is 8.75. The number of aliphatic hydroxyl groups is 1. The van der Waals surface area contributed by atoms with E-state index in [1.54, 1.807) is 12.5 Å². The molecule has 1 aliphatic carbocycles. The molecule has 2 aromatic rings. The minimum atomic E-state index is 0.205. The van der Waals surface area contributed by atoms with Crippen LogP contribution in [0.15, 0.2) is 28.6 Å². The second-order valence-corrected chi connectivity index (χ2v) is 8.50. The Morgan fingerprint density at radius 2 is 2.14 bits per heavy atom. The lowest BCUT2D eigenvalue weighted by molar-refractivity contribution is 0.156. The summed E-state index contributed by atoms with van der Waals surface area (Å²) in [7, 11) is 4.00. The maximum absolute atomic E-state index is 9.20. The van der Waals surface area contributed by atoms with Crippen molar-refractivity contribution in [2.75, 3.05) is 26.7 Å². The van der Waals surface area contributed by atoms with Crippen molar-refractivity contribution in [1.82, 2.24) is 24.6 Å². The van der Waals surface area contributed by atoms with E-state index < -0.39 is 0 Å². The Hall–Kier alpha value is -1.99. The van der Waals surface area contributed by atoms with Gasteiger partial charge in [0.05, 0.1) is 19.1 Å². The molecule has 7 heteroatoms. The summed E-state index contributed by atoms with van der Waals surface area (Å²) in [5, 5.41) is 17.7. The third-order valence-electron chi connectivity index (χ3n) is 6.01. The smallest absolute Gasteiger partial charge is 0.265 e. The van der Waals surface area contributed by atoms with Crippen LogP contribution in [0.4, 0.5) is 0 Å². The van der Waals surface area contributed by atoms with Crippen molar-refractivity contribution in [3.8, 4) is 11.6 Å². The molecule has 1 N–H and O–H groups in total. The summed E-state index contributed by atoms with van der Waals surface area (Å²) < 4.78 is 7.81. The van der Waals surface area contributed by atoms with Crippen molar-refractivity contribution < 1.29 is 9.52 Å². The van der Waals surface area contributed by atoms with Crippen LogP contribution in [-0.2, 0) is 13.5 Å². The number of hydrogen-bond donors (Lipinski definition) is 1. The number of aliphatic hydroxyl groups excluding tert-OH is 1. The minimum absolute atomic E-state index is 0.205. The Morgan fingerprint density at radius 3 is 2.79 bits per heavy atom. The van der Waals surface area contributed by atoms with Crippen LogP contribution in [0.3, 0.4) is 0 Å². The van der Waals surface area contributed by atoms with Crippen molar-refractivity contribution in [2.45, 2.75) is 33.6 Å². The largest absolute Gasteiger partial charge is 0.419 e. The molecule has 0 amide bonds. The second-order valence-electron chi connectivity index (χ2n) is 8.50. The van der Waals surface area contributed by atoms with Gasteiger partial charge in [-0.3, -0.25) is 0 Å². The highest BCUT2D eigenvalue weighted by molar-refractivity contribution is 5.44. The van der Waals surface area contributed by atoms with E-state index in [4.69, 9.17) is 4.42 Å². The Bertz CT molecular complexity index is 794.